The molecule has 2 aromatic carbocycles. The van der Waals surface area contributed by atoms with E-state index in [0.29, 0.717) is 23.3 Å². The summed E-state index contributed by atoms with van der Waals surface area (Å²) >= 11 is 0. The number of hydrogen-bond acceptors (Lipinski definition) is 6. The van der Waals surface area contributed by atoms with Crippen LogP contribution in [0.15, 0.2) is 41.3 Å². The molecule has 4 aliphatic rings. The summed E-state index contributed by atoms with van der Waals surface area (Å²) in [5, 5.41) is 1.12. The number of nitrogens with one attached hydrogen (secondary N) is 1. The van der Waals surface area contributed by atoms with Crippen molar-refractivity contribution in [2.75, 3.05) is 33.9 Å². The molecule has 198 valence electrons. The van der Waals surface area contributed by atoms with Crippen LogP contribution in [-0.2, 0) is 26.1 Å². The molecular weight excluding hydrogens is 488 g/mol. The predicted molar refractivity (Wildman–Crippen MR) is 143 cm³/mol. The molecule has 7 nitrogen and oxygen atoms in total. The summed E-state index contributed by atoms with van der Waals surface area (Å²) in [5.74, 6) is 2.39. The molecule has 37 heavy (non-hydrogen) atoms. The topological polar surface area (TPSA) is 80.9 Å². The average molecular weight is 525 g/mol. The van der Waals surface area contributed by atoms with E-state index in [2.05, 4.69) is 22.9 Å². The number of methoxy groups -OCH3 is 2. The summed E-state index contributed by atoms with van der Waals surface area (Å²) < 4.78 is 43.9. The Morgan fingerprint density at radius 1 is 1.11 bits per heavy atom. The van der Waals surface area contributed by atoms with Crippen LogP contribution in [0.5, 0.6) is 11.5 Å². The van der Waals surface area contributed by atoms with E-state index in [4.69, 9.17) is 13.7 Å². The fraction of sp³-hybridized carbons (Fsp3) is 0.517. The average Bonchev–Trinajstić information content (AvgIpc) is 3.23. The Bertz CT molecular complexity index is 1430. The minimum Gasteiger partial charge on any atom is -0.493 e. The first-order valence-electron chi connectivity index (χ1n) is 13.3. The van der Waals surface area contributed by atoms with Crippen LogP contribution in [0.25, 0.3) is 10.9 Å². The lowest BCUT2D eigenvalue weighted by atomic mass is 9.57. The lowest BCUT2D eigenvalue weighted by molar-refractivity contribution is -0.0732. The van der Waals surface area contributed by atoms with E-state index in [9.17, 15) is 8.42 Å². The molecule has 3 fully saturated rings. The number of benzene rings is 2. The largest absolute Gasteiger partial charge is 0.493 e. The Morgan fingerprint density at radius 2 is 1.84 bits per heavy atom. The molecule has 1 N–H and O–H groups in total. The molecule has 4 bridgehead atoms. The summed E-state index contributed by atoms with van der Waals surface area (Å²) in [6, 6.07) is 11.2. The van der Waals surface area contributed by atoms with E-state index in [0.717, 1.165) is 54.5 Å². The predicted octanol–water partition coefficient (Wildman–Crippen LogP) is 4.81. The molecule has 0 spiro atoms. The minimum absolute atomic E-state index is 0.130. The van der Waals surface area contributed by atoms with Gasteiger partial charge in [0.25, 0.3) is 10.1 Å². The lowest BCUT2D eigenvalue weighted by Crippen LogP contribution is -2.66. The molecule has 5 atom stereocenters. The van der Waals surface area contributed by atoms with Gasteiger partial charge < -0.3 is 14.5 Å². The third kappa shape index (κ3) is 3.87. The number of aromatic amines is 1. The lowest BCUT2D eigenvalue weighted by Gasteiger charge is -2.59. The molecule has 3 aromatic rings. The molecule has 2 saturated heterocycles. The molecule has 7 rings (SSSR count). The van der Waals surface area contributed by atoms with E-state index in [1.54, 1.807) is 26.4 Å². The zero-order valence-corrected chi connectivity index (χ0v) is 22.9. The van der Waals surface area contributed by atoms with Gasteiger partial charge in [0.15, 0.2) is 11.5 Å². The number of rotatable bonds is 7. The number of piperidine rings is 2. The highest BCUT2D eigenvalue weighted by Gasteiger charge is 2.58. The van der Waals surface area contributed by atoms with E-state index >= 15 is 0 Å². The summed E-state index contributed by atoms with van der Waals surface area (Å²) in [4.78, 5) is 6.58. The maximum Gasteiger partial charge on any atom is 0.297 e. The number of H-pyrrole nitrogens is 1. The maximum absolute atomic E-state index is 13.4. The molecule has 1 unspecified atom stereocenters. The van der Waals surface area contributed by atoms with E-state index in [-0.39, 0.29) is 17.5 Å². The molecule has 8 heteroatoms. The molecule has 0 radical (unpaired) electrons. The van der Waals surface area contributed by atoms with Gasteiger partial charge in [0.2, 0.25) is 0 Å². The molecule has 4 heterocycles. The summed E-state index contributed by atoms with van der Waals surface area (Å²) in [6.45, 7) is 6.37. The van der Waals surface area contributed by atoms with Crippen LogP contribution in [0.1, 0.15) is 43.0 Å². The second-order valence-electron chi connectivity index (χ2n) is 11.1. The van der Waals surface area contributed by atoms with Gasteiger partial charge in [-0.15, -0.1) is 0 Å². The van der Waals surface area contributed by atoms with Gasteiger partial charge in [0.1, 0.15) is 0 Å². The van der Waals surface area contributed by atoms with Crippen molar-refractivity contribution in [2.24, 2.45) is 11.8 Å². The second kappa shape index (κ2) is 9.03. The van der Waals surface area contributed by atoms with Crippen LogP contribution in [0.4, 0.5) is 0 Å². The molecule has 3 aliphatic heterocycles. The smallest absolute Gasteiger partial charge is 0.297 e. The van der Waals surface area contributed by atoms with Crippen LogP contribution in [0.2, 0.25) is 0 Å². The van der Waals surface area contributed by atoms with Crippen molar-refractivity contribution >= 4 is 21.0 Å². The van der Waals surface area contributed by atoms with Crippen molar-refractivity contribution in [1.82, 2.24) is 9.88 Å². The Kier molecular flexibility index (Phi) is 6.05. The molecule has 1 aliphatic carbocycles. The quantitative estimate of drug-likeness (QED) is 0.447. The van der Waals surface area contributed by atoms with Gasteiger partial charge in [-0.2, -0.15) is 8.42 Å². The van der Waals surface area contributed by atoms with Crippen LogP contribution in [-0.4, -0.2) is 58.3 Å². The number of fused-ring (bicyclic) bond motifs is 4. The van der Waals surface area contributed by atoms with Crippen molar-refractivity contribution in [1.29, 1.82) is 0 Å². The van der Waals surface area contributed by atoms with Gasteiger partial charge in [0, 0.05) is 41.8 Å². The van der Waals surface area contributed by atoms with Gasteiger partial charge >= 0.3 is 0 Å². The highest BCUT2D eigenvalue weighted by Crippen LogP contribution is 2.55. The van der Waals surface area contributed by atoms with Gasteiger partial charge in [-0.05, 0) is 61.8 Å². The monoisotopic (exact) mass is 524 g/mol. The van der Waals surface area contributed by atoms with Crippen molar-refractivity contribution < 1.29 is 22.1 Å². The second-order valence-corrected chi connectivity index (χ2v) is 12.7. The Hall–Kier alpha value is -2.55. The van der Waals surface area contributed by atoms with Crippen molar-refractivity contribution in [3.05, 3.63) is 53.2 Å². The fourth-order valence-electron chi connectivity index (χ4n) is 7.52. The van der Waals surface area contributed by atoms with Crippen molar-refractivity contribution in [2.45, 2.75) is 55.9 Å². The molecular formula is C29H36N2O5S. The maximum atomic E-state index is 13.4. The standard InChI is InChI=1S/C29H36N2O5S/c1-5-20-12-19-15-29(17-36-37(32,33)21-8-6-18(2)7-9-21)27-22(10-11-31(16-19)28(20)29)23-13-25(34-3)26(35-4)14-24(23)30-27/h6-9,13-14,19-20,28,30H,5,10-12,15-17H2,1-4H3/t19-,20+,28+,29-/m1/s1. The SMILES string of the molecule is CC[C@H]1C[C@H]2CN3CCc4c([nH]c5cc(OC)c(OC)cc45)[C@](COS(=O)(=O)c4ccc(C)cc4)(C2)[C@H]13. The normalized spacial score (nSPS) is 28.6. The van der Waals surface area contributed by atoms with Gasteiger partial charge in [-0.1, -0.05) is 31.0 Å². The minimum atomic E-state index is -3.90. The zero-order valence-electron chi connectivity index (χ0n) is 22.0. The van der Waals surface area contributed by atoms with E-state index in [1.807, 2.05) is 25.1 Å². The number of ether oxygens (including phenoxy) is 2. The number of aryl methyl sites for hydroxylation is 1. The highest BCUT2D eigenvalue weighted by atomic mass is 32.2. The summed E-state index contributed by atoms with van der Waals surface area (Å²) in [6.07, 6.45) is 4.09. The Balaban J connectivity index is 1.49. The van der Waals surface area contributed by atoms with Crippen LogP contribution >= 0.6 is 0 Å². The first kappa shape index (κ1) is 24.8. The van der Waals surface area contributed by atoms with Crippen molar-refractivity contribution in [3.63, 3.8) is 0 Å². The van der Waals surface area contributed by atoms with Crippen LogP contribution in [0.3, 0.4) is 0 Å². The van der Waals surface area contributed by atoms with Gasteiger partial charge in [-0.3, -0.25) is 9.08 Å². The van der Waals surface area contributed by atoms with Gasteiger partial charge in [0.05, 0.1) is 31.1 Å². The third-order valence-electron chi connectivity index (χ3n) is 9.05. The summed E-state index contributed by atoms with van der Waals surface area (Å²) in [5.41, 5.74) is 3.95. The van der Waals surface area contributed by atoms with Gasteiger partial charge in [-0.25, -0.2) is 0 Å². The fourth-order valence-corrected chi connectivity index (χ4v) is 8.49. The third-order valence-corrected chi connectivity index (χ3v) is 10.3. The molecule has 0 amide bonds. The van der Waals surface area contributed by atoms with E-state index < -0.39 is 15.5 Å². The Morgan fingerprint density at radius 3 is 2.54 bits per heavy atom. The Labute approximate surface area is 219 Å². The number of aromatic nitrogens is 1. The number of hydrogen-bond donors (Lipinski definition) is 1. The van der Waals surface area contributed by atoms with E-state index in [1.165, 1.54) is 12.0 Å². The molecule has 1 saturated carbocycles. The highest BCUT2D eigenvalue weighted by molar-refractivity contribution is 7.86. The first-order valence-corrected chi connectivity index (χ1v) is 14.7. The summed E-state index contributed by atoms with van der Waals surface area (Å²) in [7, 11) is -0.595. The van der Waals surface area contributed by atoms with Crippen LogP contribution < -0.4 is 9.47 Å². The van der Waals surface area contributed by atoms with Crippen molar-refractivity contribution in [3.8, 4) is 11.5 Å². The zero-order chi connectivity index (χ0) is 25.9. The number of nitrogens with zero attached hydrogens (tertiary/aromatic N) is 1. The molecule has 1 aromatic heterocycles. The van der Waals surface area contributed by atoms with Crippen LogP contribution in [0, 0.1) is 18.8 Å². The first-order chi connectivity index (χ1) is 17.8.